The molecule has 4 nitrogen and oxygen atoms in total. The molecule has 3 aromatic rings. The summed E-state index contributed by atoms with van der Waals surface area (Å²) in [6, 6.07) is 9.76. The maximum absolute atomic E-state index is 11.8. The van der Waals surface area contributed by atoms with Gasteiger partial charge in [-0.2, -0.15) is 5.10 Å². The summed E-state index contributed by atoms with van der Waals surface area (Å²) in [6.45, 7) is 3.50. The first kappa shape index (κ1) is 12.7. The molecule has 0 radical (unpaired) electrons. The van der Waals surface area contributed by atoms with E-state index in [9.17, 15) is 4.79 Å². The predicted octanol–water partition coefficient (Wildman–Crippen LogP) is 3.51. The van der Waals surface area contributed by atoms with Crippen molar-refractivity contribution in [1.82, 2.24) is 14.8 Å². The fourth-order valence-electron chi connectivity index (χ4n) is 2.00. The van der Waals surface area contributed by atoms with Gasteiger partial charge < -0.3 is 0 Å². The van der Waals surface area contributed by atoms with Crippen LogP contribution in [0.1, 0.15) is 22.3 Å². The van der Waals surface area contributed by atoms with Crippen LogP contribution in [0, 0.1) is 6.92 Å². The van der Waals surface area contributed by atoms with E-state index >= 15 is 0 Å². The van der Waals surface area contributed by atoms with E-state index in [1.54, 1.807) is 35.3 Å². The van der Waals surface area contributed by atoms with Gasteiger partial charge in [0.25, 0.3) is 0 Å². The maximum Gasteiger partial charge on any atom is 0.163 e. The number of Topliss-reactive ketones (excluding diaryl/α,β-unsaturated/α-hetero) is 1. The van der Waals surface area contributed by atoms with Gasteiger partial charge in [0.1, 0.15) is 5.69 Å². The minimum absolute atomic E-state index is 0.00762. The molecule has 3 rings (SSSR count). The molecule has 2 aromatic heterocycles. The van der Waals surface area contributed by atoms with Crippen molar-refractivity contribution in [3.8, 4) is 16.3 Å². The van der Waals surface area contributed by atoms with Gasteiger partial charge in [0, 0.05) is 12.4 Å². The molecule has 0 spiro atoms. The third-order valence-corrected chi connectivity index (χ3v) is 3.89. The lowest BCUT2D eigenvalue weighted by atomic mass is 10.2. The van der Waals surface area contributed by atoms with Crippen LogP contribution >= 0.6 is 11.3 Å². The Morgan fingerprint density at radius 1 is 1.25 bits per heavy atom. The molecular weight excluding hydrogens is 270 g/mol. The van der Waals surface area contributed by atoms with Crippen LogP contribution in [0.4, 0.5) is 0 Å². The first-order valence-electron chi connectivity index (χ1n) is 6.24. The lowest BCUT2D eigenvalue weighted by Crippen LogP contribution is -1.93. The Balaban J connectivity index is 2.15. The molecule has 0 aliphatic rings. The largest absolute Gasteiger partial charge is 0.294 e. The SMILES string of the molecule is CC(=O)c1cn(-c2ccccc2)nc1-c1cnc(C)s1. The molecule has 0 saturated carbocycles. The van der Waals surface area contributed by atoms with E-state index in [1.165, 1.54) is 0 Å². The number of aromatic nitrogens is 3. The van der Waals surface area contributed by atoms with Gasteiger partial charge >= 0.3 is 0 Å². The van der Waals surface area contributed by atoms with Crippen LogP contribution in [0.3, 0.4) is 0 Å². The smallest absolute Gasteiger partial charge is 0.163 e. The average Bonchev–Trinajstić information content (AvgIpc) is 3.05. The first-order valence-corrected chi connectivity index (χ1v) is 7.05. The Morgan fingerprint density at radius 3 is 2.60 bits per heavy atom. The second kappa shape index (κ2) is 5.02. The van der Waals surface area contributed by atoms with Crippen molar-refractivity contribution in [1.29, 1.82) is 0 Å². The minimum atomic E-state index is 0.00762. The van der Waals surface area contributed by atoms with E-state index in [0.29, 0.717) is 11.3 Å². The summed E-state index contributed by atoms with van der Waals surface area (Å²) in [4.78, 5) is 17.0. The summed E-state index contributed by atoms with van der Waals surface area (Å²) in [6.07, 6.45) is 3.55. The van der Waals surface area contributed by atoms with Crippen molar-refractivity contribution in [2.24, 2.45) is 0 Å². The van der Waals surface area contributed by atoms with Crippen molar-refractivity contribution in [3.05, 3.63) is 53.3 Å². The monoisotopic (exact) mass is 283 g/mol. The molecule has 0 N–H and O–H groups in total. The normalized spacial score (nSPS) is 10.7. The fraction of sp³-hybridized carbons (Fsp3) is 0.133. The minimum Gasteiger partial charge on any atom is -0.294 e. The molecule has 0 bridgehead atoms. The van der Waals surface area contributed by atoms with Crippen molar-refractivity contribution < 1.29 is 4.79 Å². The number of thiazole rings is 1. The Labute approximate surface area is 120 Å². The zero-order chi connectivity index (χ0) is 14.1. The van der Waals surface area contributed by atoms with E-state index in [4.69, 9.17) is 0 Å². The molecule has 0 aliphatic heterocycles. The second-order valence-electron chi connectivity index (χ2n) is 4.47. The second-order valence-corrected chi connectivity index (χ2v) is 5.71. The summed E-state index contributed by atoms with van der Waals surface area (Å²) in [5, 5.41) is 5.51. The van der Waals surface area contributed by atoms with Crippen molar-refractivity contribution in [2.45, 2.75) is 13.8 Å². The maximum atomic E-state index is 11.8. The van der Waals surface area contributed by atoms with Crippen LogP contribution in [-0.2, 0) is 0 Å². The van der Waals surface area contributed by atoms with Crippen LogP contribution in [0.15, 0.2) is 42.7 Å². The van der Waals surface area contributed by atoms with Gasteiger partial charge in [-0.25, -0.2) is 9.67 Å². The summed E-state index contributed by atoms with van der Waals surface area (Å²) >= 11 is 1.54. The highest BCUT2D eigenvalue weighted by Gasteiger charge is 2.17. The highest BCUT2D eigenvalue weighted by Crippen LogP contribution is 2.28. The zero-order valence-electron chi connectivity index (χ0n) is 11.2. The summed E-state index contributed by atoms with van der Waals surface area (Å²) in [7, 11) is 0. The standard InChI is InChI=1S/C15H13N3OS/c1-10(19)13-9-18(12-6-4-3-5-7-12)17-15(13)14-8-16-11(2)20-14/h3-9H,1-2H3. The van der Waals surface area contributed by atoms with Crippen molar-refractivity contribution in [2.75, 3.05) is 0 Å². The third-order valence-electron chi connectivity index (χ3n) is 2.97. The van der Waals surface area contributed by atoms with E-state index in [1.807, 2.05) is 37.3 Å². The molecular formula is C15H13N3OS. The molecule has 2 heterocycles. The summed E-state index contributed by atoms with van der Waals surface area (Å²) < 4.78 is 1.74. The lowest BCUT2D eigenvalue weighted by molar-refractivity contribution is 0.101. The van der Waals surface area contributed by atoms with Crippen LogP contribution in [0.25, 0.3) is 16.3 Å². The molecule has 0 aliphatic carbocycles. The average molecular weight is 283 g/mol. The predicted molar refractivity (Wildman–Crippen MR) is 79.4 cm³/mol. The quantitative estimate of drug-likeness (QED) is 0.691. The van der Waals surface area contributed by atoms with Gasteiger partial charge in [0.05, 0.1) is 21.1 Å². The molecule has 100 valence electrons. The number of benzene rings is 1. The molecule has 0 amide bonds. The summed E-state index contributed by atoms with van der Waals surface area (Å²) in [5.41, 5.74) is 2.26. The van der Waals surface area contributed by atoms with Crippen LogP contribution in [0.5, 0.6) is 0 Å². The number of rotatable bonds is 3. The number of ketones is 1. The summed E-state index contributed by atoms with van der Waals surface area (Å²) in [5.74, 6) is 0.00762. The van der Waals surface area contributed by atoms with Crippen LogP contribution < -0.4 is 0 Å². The van der Waals surface area contributed by atoms with Crippen molar-refractivity contribution >= 4 is 17.1 Å². The van der Waals surface area contributed by atoms with Gasteiger partial charge in [-0.1, -0.05) is 18.2 Å². The first-order chi connectivity index (χ1) is 9.65. The molecule has 0 fully saturated rings. The van der Waals surface area contributed by atoms with E-state index < -0.39 is 0 Å². The lowest BCUT2D eigenvalue weighted by Gasteiger charge is -1.98. The Kier molecular flexibility index (Phi) is 3.20. The van der Waals surface area contributed by atoms with E-state index in [2.05, 4.69) is 10.1 Å². The Morgan fingerprint density at radius 2 is 2.00 bits per heavy atom. The van der Waals surface area contributed by atoms with Crippen LogP contribution in [-0.4, -0.2) is 20.5 Å². The molecule has 0 saturated heterocycles. The molecule has 5 heteroatoms. The van der Waals surface area contributed by atoms with Gasteiger partial charge in [0.15, 0.2) is 5.78 Å². The van der Waals surface area contributed by atoms with E-state index in [0.717, 1.165) is 15.6 Å². The third kappa shape index (κ3) is 2.28. The number of nitrogens with zero attached hydrogens (tertiary/aromatic N) is 3. The van der Waals surface area contributed by atoms with E-state index in [-0.39, 0.29) is 5.78 Å². The highest BCUT2D eigenvalue weighted by molar-refractivity contribution is 7.15. The zero-order valence-corrected chi connectivity index (χ0v) is 12.0. The number of hydrogen-bond acceptors (Lipinski definition) is 4. The number of hydrogen-bond donors (Lipinski definition) is 0. The van der Waals surface area contributed by atoms with Gasteiger partial charge in [-0.05, 0) is 26.0 Å². The molecule has 0 unspecified atom stereocenters. The Bertz CT molecular complexity index is 759. The fourth-order valence-corrected chi connectivity index (χ4v) is 2.77. The van der Waals surface area contributed by atoms with Gasteiger partial charge in [0.2, 0.25) is 0 Å². The molecule has 20 heavy (non-hydrogen) atoms. The number of carbonyl (C=O) groups excluding carboxylic acids is 1. The van der Waals surface area contributed by atoms with Gasteiger partial charge in [-0.3, -0.25) is 4.79 Å². The van der Waals surface area contributed by atoms with Crippen molar-refractivity contribution in [3.63, 3.8) is 0 Å². The number of para-hydroxylation sites is 1. The number of carbonyl (C=O) groups is 1. The van der Waals surface area contributed by atoms with Crippen LogP contribution in [0.2, 0.25) is 0 Å². The van der Waals surface area contributed by atoms with Gasteiger partial charge in [-0.15, -0.1) is 11.3 Å². The highest BCUT2D eigenvalue weighted by atomic mass is 32.1. The molecule has 0 atom stereocenters. The Hall–Kier alpha value is -2.27. The number of aryl methyl sites for hydroxylation is 1. The topological polar surface area (TPSA) is 47.8 Å². The molecule has 1 aromatic carbocycles.